The van der Waals surface area contributed by atoms with Crippen molar-refractivity contribution in [2.24, 2.45) is 0 Å². The maximum absolute atomic E-state index is 12.6. The predicted molar refractivity (Wildman–Crippen MR) is 97.7 cm³/mol. The van der Waals surface area contributed by atoms with Crippen LogP contribution < -0.4 is 5.32 Å². The monoisotopic (exact) mass is 321 g/mol. The highest BCUT2D eigenvalue weighted by Crippen LogP contribution is 2.23. The molecule has 4 nitrogen and oxygen atoms in total. The molecule has 124 valence electrons. The minimum absolute atomic E-state index is 0.0172. The van der Waals surface area contributed by atoms with Crippen LogP contribution in [0.3, 0.4) is 0 Å². The number of fused-ring (bicyclic) bond motifs is 1. The highest BCUT2D eigenvalue weighted by molar-refractivity contribution is 5.93. The first-order chi connectivity index (χ1) is 11.4. The van der Waals surface area contributed by atoms with Crippen LogP contribution in [0.2, 0.25) is 0 Å². The number of imidazole rings is 1. The molecule has 0 radical (unpaired) electrons. The van der Waals surface area contributed by atoms with Crippen LogP contribution in [0.15, 0.2) is 30.5 Å². The van der Waals surface area contributed by atoms with Gasteiger partial charge in [0.05, 0.1) is 17.8 Å². The lowest BCUT2D eigenvalue weighted by Crippen LogP contribution is -2.17. The van der Waals surface area contributed by atoms with Gasteiger partial charge in [-0.2, -0.15) is 0 Å². The van der Waals surface area contributed by atoms with E-state index >= 15 is 0 Å². The molecule has 1 amide bonds. The zero-order chi connectivity index (χ0) is 17.4. The molecule has 1 aromatic carbocycles. The third-order valence-electron chi connectivity index (χ3n) is 4.41. The number of rotatable bonds is 3. The number of benzene rings is 1. The van der Waals surface area contributed by atoms with E-state index in [1.807, 2.05) is 50.4 Å². The standard InChI is InChI=1S/C20H23N3O/c1-12-9-14(3)19(15(4)10-12)22-18(24)11-17-16(5)21-20-13(2)7-6-8-23(17)20/h6-10H,11H2,1-5H3,(H,22,24). The fourth-order valence-corrected chi connectivity index (χ4v) is 3.29. The van der Waals surface area contributed by atoms with Crippen LogP contribution in [-0.4, -0.2) is 15.3 Å². The third-order valence-corrected chi connectivity index (χ3v) is 4.41. The van der Waals surface area contributed by atoms with Crippen molar-refractivity contribution in [2.75, 3.05) is 5.32 Å². The molecular weight excluding hydrogens is 298 g/mol. The van der Waals surface area contributed by atoms with Crippen molar-refractivity contribution < 1.29 is 4.79 Å². The first-order valence-corrected chi connectivity index (χ1v) is 8.17. The second kappa shape index (κ2) is 6.11. The van der Waals surface area contributed by atoms with Crippen molar-refractivity contribution in [1.29, 1.82) is 0 Å². The average Bonchev–Trinajstić information content (AvgIpc) is 2.81. The summed E-state index contributed by atoms with van der Waals surface area (Å²) in [4.78, 5) is 17.2. The minimum atomic E-state index is -0.0172. The number of nitrogens with one attached hydrogen (secondary N) is 1. The second-order valence-electron chi connectivity index (χ2n) is 6.53. The molecule has 2 heterocycles. The molecule has 3 aromatic rings. The zero-order valence-electron chi connectivity index (χ0n) is 14.9. The molecule has 2 aromatic heterocycles. The Labute approximate surface area is 142 Å². The summed E-state index contributed by atoms with van der Waals surface area (Å²) in [6, 6.07) is 8.20. The average molecular weight is 321 g/mol. The van der Waals surface area contributed by atoms with E-state index in [1.54, 1.807) is 0 Å². The number of carbonyl (C=O) groups is 1. The Morgan fingerprint density at radius 2 is 1.75 bits per heavy atom. The Morgan fingerprint density at radius 3 is 2.42 bits per heavy atom. The van der Waals surface area contributed by atoms with Gasteiger partial charge in [0.25, 0.3) is 0 Å². The molecule has 3 rings (SSSR count). The van der Waals surface area contributed by atoms with Crippen LogP contribution in [-0.2, 0) is 11.2 Å². The van der Waals surface area contributed by atoms with Gasteiger partial charge >= 0.3 is 0 Å². The normalized spacial score (nSPS) is 11.0. The van der Waals surface area contributed by atoms with Gasteiger partial charge in [-0.3, -0.25) is 4.79 Å². The summed E-state index contributed by atoms with van der Waals surface area (Å²) in [7, 11) is 0. The van der Waals surface area contributed by atoms with E-state index in [0.717, 1.165) is 39.4 Å². The number of hydrogen-bond donors (Lipinski definition) is 1. The van der Waals surface area contributed by atoms with Crippen molar-refractivity contribution >= 4 is 17.2 Å². The van der Waals surface area contributed by atoms with E-state index < -0.39 is 0 Å². The fraction of sp³-hybridized carbons (Fsp3) is 0.300. The van der Waals surface area contributed by atoms with Crippen LogP contribution >= 0.6 is 0 Å². The number of hydrogen-bond acceptors (Lipinski definition) is 2. The van der Waals surface area contributed by atoms with E-state index in [2.05, 4.69) is 29.4 Å². The van der Waals surface area contributed by atoms with Crippen molar-refractivity contribution in [3.63, 3.8) is 0 Å². The molecule has 4 heteroatoms. The van der Waals surface area contributed by atoms with Crippen molar-refractivity contribution in [2.45, 2.75) is 41.0 Å². The summed E-state index contributed by atoms with van der Waals surface area (Å²) in [5.74, 6) is -0.0172. The van der Waals surface area contributed by atoms with E-state index in [-0.39, 0.29) is 5.91 Å². The van der Waals surface area contributed by atoms with E-state index in [1.165, 1.54) is 5.56 Å². The zero-order valence-corrected chi connectivity index (χ0v) is 14.9. The molecular formula is C20H23N3O. The summed E-state index contributed by atoms with van der Waals surface area (Å²) in [6.07, 6.45) is 2.27. The Morgan fingerprint density at radius 1 is 1.08 bits per heavy atom. The number of nitrogens with zero attached hydrogens (tertiary/aromatic N) is 2. The first kappa shape index (κ1) is 16.2. The minimum Gasteiger partial charge on any atom is -0.325 e. The largest absolute Gasteiger partial charge is 0.325 e. The van der Waals surface area contributed by atoms with Crippen molar-refractivity contribution in [3.05, 3.63) is 64.1 Å². The Kier molecular flexibility index (Phi) is 4.14. The summed E-state index contributed by atoms with van der Waals surface area (Å²) in [5, 5.41) is 3.07. The lowest BCUT2D eigenvalue weighted by atomic mass is 10.0. The number of amides is 1. The van der Waals surface area contributed by atoms with Crippen molar-refractivity contribution in [3.8, 4) is 0 Å². The summed E-state index contributed by atoms with van der Waals surface area (Å²) in [6.45, 7) is 10.1. The summed E-state index contributed by atoms with van der Waals surface area (Å²) >= 11 is 0. The predicted octanol–water partition coefficient (Wildman–Crippen LogP) is 4.06. The second-order valence-corrected chi connectivity index (χ2v) is 6.53. The Bertz CT molecular complexity index is 914. The number of pyridine rings is 1. The molecule has 0 fully saturated rings. The van der Waals surface area contributed by atoms with Gasteiger partial charge in [-0.15, -0.1) is 0 Å². The van der Waals surface area contributed by atoms with Gasteiger partial charge in [0.2, 0.25) is 5.91 Å². The maximum atomic E-state index is 12.6. The van der Waals surface area contributed by atoms with Gasteiger partial charge in [0.1, 0.15) is 5.65 Å². The third kappa shape index (κ3) is 2.92. The molecule has 0 aliphatic heterocycles. The highest BCUT2D eigenvalue weighted by atomic mass is 16.1. The smallest absolute Gasteiger partial charge is 0.230 e. The molecule has 0 aliphatic rings. The van der Waals surface area contributed by atoms with Crippen molar-refractivity contribution in [1.82, 2.24) is 9.38 Å². The highest BCUT2D eigenvalue weighted by Gasteiger charge is 2.15. The lowest BCUT2D eigenvalue weighted by Gasteiger charge is -2.13. The first-order valence-electron chi connectivity index (χ1n) is 8.17. The van der Waals surface area contributed by atoms with Crippen LogP contribution in [0.5, 0.6) is 0 Å². The number of aromatic nitrogens is 2. The van der Waals surface area contributed by atoms with Gasteiger partial charge in [0, 0.05) is 11.9 Å². The van der Waals surface area contributed by atoms with E-state index in [9.17, 15) is 4.79 Å². The Hall–Kier alpha value is -2.62. The van der Waals surface area contributed by atoms with Crippen LogP contribution in [0.1, 0.15) is 33.6 Å². The molecule has 0 unspecified atom stereocenters. The summed E-state index contributed by atoms with van der Waals surface area (Å²) < 4.78 is 2.01. The molecule has 0 saturated heterocycles. The van der Waals surface area contributed by atoms with Gasteiger partial charge in [-0.1, -0.05) is 23.8 Å². The van der Waals surface area contributed by atoms with Gasteiger partial charge in [-0.05, 0) is 57.4 Å². The van der Waals surface area contributed by atoms with Gasteiger partial charge < -0.3 is 9.72 Å². The SMILES string of the molecule is Cc1cc(C)c(NC(=O)Cc2c(C)nc3c(C)cccn23)c(C)c1. The number of anilines is 1. The molecule has 0 aliphatic carbocycles. The summed E-state index contributed by atoms with van der Waals surface area (Å²) in [5.41, 5.74) is 8.16. The topological polar surface area (TPSA) is 46.4 Å². The van der Waals surface area contributed by atoms with Gasteiger partial charge in [-0.25, -0.2) is 4.98 Å². The fourth-order valence-electron chi connectivity index (χ4n) is 3.29. The number of aryl methyl sites for hydroxylation is 5. The Balaban J connectivity index is 1.89. The van der Waals surface area contributed by atoms with Crippen LogP contribution in [0.25, 0.3) is 5.65 Å². The quantitative estimate of drug-likeness (QED) is 0.791. The molecule has 0 spiro atoms. The van der Waals surface area contributed by atoms with E-state index in [0.29, 0.717) is 6.42 Å². The molecule has 24 heavy (non-hydrogen) atoms. The molecule has 0 atom stereocenters. The molecule has 0 saturated carbocycles. The maximum Gasteiger partial charge on any atom is 0.230 e. The number of carbonyl (C=O) groups excluding carboxylic acids is 1. The van der Waals surface area contributed by atoms with Crippen LogP contribution in [0.4, 0.5) is 5.69 Å². The van der Waals surface area contributed by atoms with E-state index in [4.69, 9.17) is 0 Å². The van der Waals surface area contributed by atoms with Crippen LogP contribution in [0, 0.1) is 34.6 Å². The van der Waals surface area contributed by atoms with Gasteiger partial charge in [0.15, 0.2) is 0 Å². The lowest BCUT2D eigenvalue weighted by molar-refractivity contribution is -0.115. The molecule has 0 bridgehead atoms. The molecule has 1 N–H and O–H groups in total.